The zero-order chi connectivity index (χ0) is 13.7. The van der Waals surface area contributed by atoms with Crippen LogP contribution in [0.2, 0.25) is 0 Å². The molecule has 2 aromatic rings. The Labute approximate surface area is 117 Å². The van der Waals surface area contributed by atoms with Gasteiger partial charge in [-0.25, -0.2) is 0 Å². The molecule has 1 heterocycles. The summed E-state index contributed by atoms with van der Waals surface area (Å²) < 4.78 is 10.9. The molecule has 2 rings (SSSR count). The standard InChI is InChI=1S/C14H18N2O2S/c1-4-17-7-8-19-14-16-15-13(18-14)12-6-5-10(2)9-11(12)3/h5-6,9H,4,7-8H2,1-3H3. The molecule has 4 nitrogen and oxygen atoms in total. The summed E-state index contributed by atoms with van der Waals surface area (Å²) in [5.74, 6) is 1.40. The molecule has 102 valence electrons. The van der Waals surface area contributed by atoms with Gasteiger partial charge in [0.25, 0.3) is 5.22 Å². The van der Waals surface area contributed by atoms with Gasteiger partial charge in [-0.1, -0.05) is 29.5 Å². The number of thioether (sulfide) groups is 1. The normalized spacial score (nSPS) is 10.9. The molecule has 1 aromatic carbocycles. The molecule has 0 spiro atoms. The van der Waals surface area contributed by atoms with Gasteiger partial charge in [0.1, 0.15) is 0 Å². The second kappa shape index (κ2) is 6.73. The van der Waals surface area contributed by atoms with Crippen LogP contribution in [0.5, 0.6) is 0 Å². The maximum Gasteiger partial charge on any atom is 0.276 e. The predicted molar refractivity (Wildman–Crippen MR) is 76.4 cm³/mol. The summed E-state index contributed by atoms with van der Waals surface area (Å²) in [6, 6.07) is 6.18. The number of ether oxygens (including phenoxy) is 1. The molecule has 0 atom stereocenters. The van der Waals surface area contributed by atoms with Crippen molar-refractivity contribution in [3.8, 4) is 11.5 Å². The van der Waals surface area contributed by atoms with E-state index in [1.807, 2.05) is 13.0 Å². The van der Waals surface area contributed by atoms with Gasteiger partial charge in [-0.15, -0.1) is 10.2 Å². The van der Waals surface area contributed by atoms with E-state index in [2.05, 4.69) is 36.2 Å². The minimum atomic E-state index is 0.580. The third-order valence-electron chi connectivity index (χ3n) is 2.68. The molecule has 0 unspecified atom stereocenters. The van der Waals surface area contributed by atoms with Gasteiger partial charge in [0.05, 0.1) is 6.61 Å². The fraction of sp³-hybridized carbons (Fsp3) is 0.429. The summed E-state index contributed by atoms with van der Waals surface area (Å²) in [6.45, 7) is 7.53. The van der Waals surface area contributed by atoms with E-state index in [0.717, 1.165) is 23.5 Å². The maximum atomic E-state index is 5.66. The minimum absolute atomic E-state index is 0.580. The van der Waals surface area contributed by atoms with Crippen molar-refractivity contribution in [2.75, 3.05) is 19.0 Å². The highest BCUT2D eigenvalue weighted by atomic mass is 32.2. The van der Waals surface area contributed by atoms with Crippen LogP contribution in [0.25, 0.3) is 11.5 Å². The molecule has 19 heavy (non-hydrogen) atoms. The Kier molecular flexibility index (Phi) is 4.99. The van der Waals surface area contributed by atoms with Crippen LogP contribution >= 0.6 is 11.8 Å². The number of aryl methyl sites for hydroxylation is 2. The van der Waals surface area contributed by atoms with Crippen LogP contribution in [-0.2, 0) is 4.74 Å². The summed E-state index contributed by atoms with van der Waals surface area (Å²) in [5.41, 5.74) is 3.37. The second-order valence-corrected chi connectivity index (χ2v) is 5.28. The molecule has 0 amide bonds. The van der Waals surface area contributed by atoms with E-state index in [4.69, 9.17) is 9.15 Å². The lowest BCUT2D eigenvalue weighted by Gasteiger charge is -2.01. The predicted octanol–water partition coefficient (Wildman–Crippen LogP) is 3.48. The molecule has 0 aliphatic carbocycles. The van der Waals surface area contributed by atoms with E-state index in [-0.39, 0.29) is 0 Å². The fourth-order valence-electron chi connectivity index (χ4n) is 1.76. The molecule has 0 saturated carbocycles. The van der Waals surface area contributed by atoms with Crippen molar-refractivity contribution in [3.63, 3.8) is 0 Å². The van der Waals surface area contributed by atoms with Crippen LogP contribution in [0.3, 0.4) is 0 Å². The number of hydrogen-bond acceptors (Lipinski definition) is 5. The maximum absolute atomic E-state index is 5.66. The summed E-state index contributed by atoms with van der Waals surface area (Å²) in [4.78, 5) is 0. The quantitative estimate of drug-likeness (QED) is 0.598. The van der Waals surface area contributed by atoms with E-state index in [9.17, 15) is 0 Å². The molecular formula is C14H18N2O2S. The first-order chi connectivity index (χ1) is 9.20. The van der Waals surface area contributed by atoms with Crippen LogP contribution in [0.4, 0.5) is 0 Å². The molecule has 0 saturated heterocycles. The number of rotatable bonds is 6. The van der Waals surface area contributed by atoms with Crippen molar-refractivity contribution in [1.82, 2.24) is 10.2 Å². The first-order valence-corrected chi connectivity index (χ1v) is 7.31. The zero-order valence-electron chi connectivity index (χ0n) is 11.5. The van der Waals surface area contributed by atoms with Crippen LogP contribution in [0.1, 0.15) is 18.1 Å². The summed E-state index contributed by atoms with van der Waals surface area (Å²) in [6.07, 6.45) is 0. The third kappa shape index (κ3) is 3.81. The lowest BCUT2D eigenvalue weighted by Crippen LogP contribution is -1.95. The van der Waals surface area contributed by atoms with E-state index in [0.29, 0.717) is 17.7 Å². The van der Waals surface area contributed by atoms with Crippen molar-refractivity contribution >= 4 is 11.8 Å². The number of hydrogen-bond donors (Lipinski definition) is 0. The van der Waals surface area contributed by atoms with E-state index in [1.165, 1.54) is 17.3 Å². The zero-order valence-corrected chi connectivity index (χ0v) is 12.3. The molecule has 0 radical (unpaired) electrons. The lowest BCUT2D eigenvalue weighted by molar-refractivity contribution is 0.164. The van der Waals surface area contributed by atoms with Gasteiger partial charge in [-0.05, 0) is 32.4 Å². The molecule has 0 N–H and O–H groups in total. The van der Waals surface area contributed by atoms with Crippen molar-refractivity contribution in [3.05, 3.63) is 29.3 Å². The minimum Gasteiger partial charge on any atom is -0.411 e. The van der Waals surface area contributed by atoms with E-state index in [1.54, 1.807) is 0 Å². The highest BCUT2D eigenvalue weighted by Crippen LogP contribution is 2.26. The van der Waals surface area contributed by atoms with Crippen molar-refractivity contribution in [2.45, 2.75) is 26.0 Å². The summed E-state index contributed by atoms with van der Waals surface area (Å²) >= 11 is 1.52. The monoisotopic (exact) mass is 278 g/mol. The molecule has 0 aliphatic heterocycles. The Balaban J connectivity index is 2.04. The molecule has 0 fully saturated rings. The van der Waals surface area contributed by atoms with Gasteiger partial charge in [0.2, 0.25) is 5.89 Å². The molecule has 0 aliphatic rings. The first-order valence-electron chi connectivity index (χ1n) is 6.32. The summed E-state index contributed by atoms with van der Waals surface area (Å²) in [7, 11) is 0. The largest absolute Gasteiger partial charge is 0.411 e. The SMILES string of the molecule is CCOCCSc1nnc(-c2ccc(C)cc2C)o1. The lowest BCUT2D eigenvalue weighted by atomic mass is 10.1. The number of nitrogens with zero attached hydrogens (tertiary/aromatic N) is 2. The number of benzene rings is 1. The Morgan fingerprint density at radius 3 is 2.84 bits per heavy atom. The first kappa shape index (κ1) is 14.1. The molecule has 0 bridgehead atoms. The van der Waals surface area contributed by atoms with Gasteiger partial charge in [0, 0.05) is 17.9 Å². The molecular weight excluding hydrogens is 260 g/mol. The Morgan fingerprint density at radius 2 is 2.11 bits per heavy atom. The average molecular weight is 278 g/mol. The molecule has 1 aromatic heterocycles. The van der Waals surface area contributed by atoms with Gasteiger partial charge in [0.15, 0.2) is 0 Å². The van der Waals surface area contributed by atoms with Gasteiger partial charge < -0.3 is 9.15 Å². The van der Waals surface area contributed by atoms with Crippen LogP contribution in [-0.4, -0.2) is 29.2 Å². The number of aromatic nitrogens is 2. The van der Waals surface area contributed by atoms with Crippen molar-refractivity contribution < 1.29 is 9.15 Å². The third-order valence-corrected chi connectivity index (χ3v) is 3.46. The Hall–Kier alpha value is -1.33. The fourth-order valence-corrected chi connectivity index (χ4v) is 2.37. The average Bonchev–Trinajstić information content (AvgIpc) is 2.83. The van der Waals surface area contributed by atoms with Crippen LogP contribution in [0.15, 0.2) is 27.8 Å². The van der Waals surface area contributed by atoms with E-state index >= 15 is 0 Å². The second-order valence-electron chi connectivity index (χ2n) is 4.24. The summed E-state index contributed by atoms with van der Waals surface area (Å²) in [5, 5.41) is 8.73. The van der Waals surface area contributed by atoms with Crippen LogP contribution in [0, 0.1) is 13.8 Å². The van der Waals surface area contributed by atoms with Gasteiger partial charge in [-0.2, -0.15) is 0 Å². The van der Waals surface area contributed by atoms with E-state index < -0.39 is 0 Å². The van der Waals surface area contributed by atoms with Crippen molar-refractivity contribution in [2.24, 2.45) is 0 Å². The van der Waals surface area contributed by atoms with Crippen LogP contribution < -0.4 is 0 Å². The highest BCUT2D eigenvalue weighted by molar-refractivity contribution is 7.99. The molecule has 5 heteroatoms. The highest BCUT2D eigenvalue weighted by Gasteiger charge is 2.11. The smallest absolute Gasteiger partial charge is 0.276 e. The van der Waals surface area contributed by atoms with Gasteiger partial charge in [-0.3, -0.25) is 0 Å². The van der Waals surface area contributed by atoms with Gasteiger partial charge >= 0.3 is 0 Å². The van der Waals surface area contributed by atoms with Crippen molar-refractivity contribution in [1.29, 1.82) is 0 Å². The topological polar surface area (TPSA) is 48.2 Å². The Morgan fingerprint density at radius 1 is 1.26 bits per heavy atom. The Bertz CT molecular complexity index is 540.